The highest BCUT2D eigenvalue weighted by molar-refractivity contribution is 5.30. The fourth-order valence-electron chi connectivity index (χ4n) is 6.63. The Kier molecular flexibility index (Phi) is 6.28. The molecule has 0 amide bonds. The molecule has 4 rings (SSSR count). The van der Waals surface area contributed by atoms with Crippen LogP contribution in [-0.2, 0) is 6.18 Å². The van der Waals surface area contributed by atoms with Crippen molar-refractivity contribution in [3.8, 4) is 0 Å². The average molecular weight is 427 g/mol. The largest absolute Gasteiger partial charge is 0.422 e. The van der Waals surface area contributed by atoms with Crippen LogP contribution in [0.4, 0.5) is 22.0 Å². The van der Waals surface area contributed by atoms with E-state index in [4.69, 9.17) is 0 Å². The van der Waals surface area contributed by atoms with Crippen molar-refractivity contribution in [3.63, 3.8) is 0 Å². The maximum absolute atomic E-state index is 14.0. The fraction of sp³-hybridized carbons (Fsp3) is 0.680. The van der Waals surface area contributed by atoms with Gasteiger partial charge in [0, 0.05) is 0 Å². The van der Waals surface area contributed by atoms with Gasteiger partial charge in [-0.2, -0.15) is 13.2 Å². The maximum Gasteiger partial charge on any atom is 0.422 e. The van der Waals surface area contributed by atoms with Crippen LogP contribution in [0.2, 0.25) is 0 Å². The Bertz CT molecular complexity index is 736. The van der Waals surface area contributed by atoms with Crippen molar-refractivity contribution in [1.82, 2.24) is 0 Å². The Balaban J connectivity index is 1.35. The Labute approximate surface area is 175 Å². The molecule has 3 aliphatic carbocycles. The second-order valence-electron chi connectivity index (χ2n) is 9.87. The van der Waals surface area contributed by atoms with E-state index in [1.807, 2.05) is 0 Å². The van der Waals surface area contributed by atoms with Gasteiger partial charge in [0.05, 0.1) is 0 Å². The number of allylic oxidation sites excluding steroid dienone is 1. The summed E-state index contributed by atoms with van der Waals surface area (Å²) in [5.41, 5.74) is -1.40. The third-order valence-corrected chi connectivity index (χ3v) is 8.29. The lowest BCUT2D eigenvalue weighted by atomic mass is 9.61. The van der Waals surface area contributed by atoms with E-state index in [9.17, 15) is 22.0 Å². The molecule has 0 N–H and O–H groups in total. The number of alkyl halides is 3. The predicted octanol–water partition coefficient (Wildman–Crippen LogP) is 8.28. The van der Waals surface area contributed by atoms with Crippen molar-refractivity contribution in [2.24, 2.45) is 29.6 Å². The highest BCUT2D eigenvalue weighted by Crippen LogP contribution is 2.50. The fourth-order valence-corrected chi connectivity index (χ4v) is 6.63. The summed E-state index contributed by atoms with van der Waals surface area (Å²) in [7, 11) is 0. The Morgan fingerprint density at radius 2 is 1.23 bits per heavy atom. The van der Waals surface area contributed by atoms with Crippen LogP contribution in [-0.4, -0.2) is 0 Å². The third kappa shape index (κ3) is 4.45. The Morgan fingerprint density at radius 1 is 0.733 bits per heavy atom. The molecule has 0 radical (unpaired) electrons. The number of rotatable bonds is 3. The van der Waals surface area contributed by atoms with Crippen LogP contribution in [0.3, 0.4) is 0 Å². The molecule has 0 aromatic heterocycles. The van der Waals surface area contributed by atoms with Crippen LogP contribution < -0.4 is 0 Å². The molecule has 3 saturated carbocycles. The van der Waals surface area contributed by atoms with Crippen molar-refractivity contribution < 1.29 is 22.0 Å². The number of halogens is 5. The summed E-state index contributed by atoms with van der Waals surface area (Å²) in [5.74, 6) is 0.691. The van der Waals surface area contributed by atoms with Gasteiger partial charge < -0.3 is 0 Å². The third-order valence-electron chi connectivity index (χ3n) is 8.29. The summed E-state index contributed by atoms with van der Waals surface area (Å²) < 4.78 is 66.4. The Morgan fingerprint density at radius 3 is 1.80 bits per heavy atom. The van der Waals surface area contributed by atoms with Crippen LogP contribution in [0.15, 0.2) is 24.8 Å². The summed E-state index contributed by atoms with van der Waals surface area (Å²) in [4.78, 5) is 0. The van der Waals surface area contributed by atoms with Gasteiger partial charge in [0.15, 0.2) is 0 Å². The molecule has 4 atom stereocenters. The lowest BCUT2D eigenvalue weighted by Gasteiger charge is -2.45. The number of hydrogen-bond acceptors (Lipinski definition) is 0. The summed E-state index contributed by atoms with van der Waals surface area (Å²) in [6.07, 6.45) is 8.45. The van der Waals surface area contributed by atoms with Crippen molar-refractivity contribution in [3.05, 3.63) is 47.5 Å². The van der Waals surface area contributed by atoms with E-state index in [0.29, 0.717) is 17.4 Å². The molecule has 30 heavy (non-hydrogen) atoms. The second-order valence-corrected chi connectivity index (χ2v) is 9.87. The molecule has 0 saturated heterocycles. The maximum atomic E-state index is 14.0. The van der Waals surface area contributed by atoms with E-state index in [1.165, 1.54) is 38.5 Å². The summed E-state index contributed by atoms with van der Waals surface area (Å²) in [6.45, 7) is 3.97. The second kappa shape index (κ2) is 8.63. The van der Waals surface area contributed by atoms with Crippen molar-refractivity contribution in [2.45, 2.75) is 76.3 Å². The number of fused-ring (bicyclic) bond motifs is 1. The zero-order valence-electron chi connectivity index (χ0n) is 17.4. The molecule has 0 nitrogen and oxygen atoms in total. The summed E-state index contributed by atoms with van der Waals surface area (Å²) >= 11 is 0. The molecule has 3 aliphatic rings. The van der Waals surface area contributed by atoms with Crippen LogP contribution in [0.5, 0.6) is 0 Å². The molecule has 5 heteroatoms. The molecule has 3 fully saturated rings. The zero-order chi connectivity index (χ0) is 21.5. The van der Waals surface area contributed by atoms with Gasteiger partial charge >= 0.3 is 6.18 Å². The van der Waals surface area contributed by atoms with Crippen LogP contribution in [0, 0.1) is 41.2 Å². The van der Waals surface area contributed by atoms with E-state index < -0.39 is 23.4 Å². The van der Waals surface area contributed by atoms with Gasteiger partial charge in [-0.1, -0.05) is 6.08 Å². The monoisotopic (exact) mass is 426 g/mol. The highest BCUT2D eigenvalue weighted by atomic mass is 19.4. The van der Waals surface area contributed by atoms with Gasteiger partial charge in [-0.25, -0.2) is 8.78 Å². The molecule has 0 spiro atoms. The van der Waals surface area contributed by atoms with E-state index in [2.05, 4.69) is 12.7 Å². The molecule has 0 heterocycles. The van der Waals surface area contributed by atoms with Crippen LogP contribution >= 0.6 is 0 Å². The van der Waals surface area contributed by atoms with Crippen molar-refractivity contribution >= 4 is 0 Å². The highest BCUT2D eigenvalue weighted by Gasteiger charge is 2.40. The molecule has 1 aromatic rings. The molecular weight excluding hydrogens is 395 g/mol. The van der Waals surface area contributed by atoms with E-state index in [-0.39, 0.29) is 5.92 Å². The van der Waals surface area contributed by atoms with Gasteiger partial charge in [-0.15, -0.1) is 6.58 Å². The van der Waals surface area contributed by atoms with Gasteiger partial charge in [0.2, 0.25) is 0 Å². The van der Waals surface area contributed by atoms with Gasteiger partial charge in [-0.3, -0.25) is 0 Å². The van der Waals surface area contributed by atoms with Gasteiger partial charge in [-0.05, 0) is 117 Å². The lowest BCUT2D eigenvalue weighted by molar-refractivity contribution is -0.142. The topological polar surface area (TPSA) is 0 Å². The standard InChI is InChI=1S/C25H31F5/c1-2-15-3-4-20-12-19(10-9-18(20)11-15)16-5-7-17(8-6-16)21-13-22(26)24(23(27)14-21)25(28,29)30/h2,13-20H,1,3-12H2. The molecule has 4 unspecified atom stereocenters. The minimum Gasteiger partial charge on any atom is -0.206 e. The zero-order valence-corrected chi connectivity index (χ0v) is 17.4. The van der Waals surface area contributed by atoms with Gasteiger partial charge in [0.25, 0.3) is 0 Å². The average Bonchev–Trinajstić information content (AvgIpc) is 2.71. The smallest absolute Gasteiger partial charge is 0.206 e. The van der Waals surface area contributed by atoms with Crippen molar-refractivity contribution in [2.75, 3.05) is 0 Å². The Hall–Kier alpha value is -1.39. The first-order valence-electron chi connectivity index (χ1n) is 11.4. The van der Waals surface area contributed by atoms with Crippen LogP contribution in [0.1, 0.15) is 81.3 Å². The quantitative estimate of drug-likeness (QED) is 0.337. The van der Waals surface area contributed by atoms with Crippen LogP contribution in [0.25, 0.3) is 0 Å². The summed E-state index contributed by atoms with van der Waals surface area (Å²) in [5, 5.41) is 0. The number of hydrogen-bond donors (Lipinski definition) is 0. The normalized spacial score (nSPS) is 35.0. The molecule has 0 aliphatic heterocycles. The molecular formula is C25H31F5. The number of benzene rings is 1. The van der Waals surface area contributed by atoms with E-state index in [1.54, 1.807) is 0 Å². The molecule has 1 aromatic carbocycles. The summed E-state index contributed by atoms with van der Waals surface area (Å²) in [6, 6.07) is 1.81. The first-order chi connectivity index (χ1) is 14.3. The van der Waals surface area contributed by atoms with E-state index >= 15 is 0 Å². The lowest BCUT2D eigenvalue weighted by Crippen LogP contribution is -2.34. The minimum atomic E-state index is -5.01. The minimum absolute atomic E-state index is 0.0492. The van der Waals surface area contributed by atoms with Crippen molar-refractivity contribution in [1.29, 1.82) is 0 Å². The SMILES string of the molecule is C=CC1CCC2CC(C3CCC(c4cc(F)c(C(F)(F)F)c(F)c4)CC3)CCC2C1. The van der Waals surface area contributed by atoms with E-state index in [0.717, 1.165) is 55.6 Å². The predicted molar refractivity (Wildman–Crippen MR) is 108 cm³/mol. The van der Waals surface area contributed by atoms with Gasteiger partial charge in [0.1, 0.15) is 17.2 Å². The molecule has 0 bridgehead atoms. The first-order valence-corrected chi connectivity index (χ1v) is 11.4. The first kappa shape index (κ1) is 21.8. The molecule has 166 valence electrons.